The standard InChI is InChI=1S/C24H27ClN2O3/c1-30-21-10-4-17(5-11-21)2-3-18-12-14-26(15-13-18)22-16-23(28)27(24(22)29)20-8-6-19(25)7-9-20/h4-11,18,22H,2-3,12-16H2,1H3/t22-/m0/s1. The van der Waals surface area contributed by atoms with E-state index in [1.807, 2.05) is 12.1 Å². The average Bonchev–Trinajstić information content (AvgIpc) is 3.07. The second-order valence-electron chi connectivity index (χ2n) is 8.13. The SMILES string of the molecule is COc1ccc(CCC2CCN([C@H]3CC(=O)N(c4ccc(Cl)cc4)C3=O)CC2)cc1. The van der Waals surface area contributed by atoms with Gasteiger partial charge in [0.1, 0.15) is 5.75 Å². The van der Waals surface area contributed by atoms with E-state index in [0.717, 1.165) is 44.5 Å². The van der Waals surface area contributed by atoms with Gasteiger partial charge in [0.25, 0.3) is 5.91 Å². The van der Waals surface area contributed by atoms with Crippen LogP contribution in [0.15, 0.2) is 48.5 Å². The van der Waals surface area contributed by atoms with Crippen LogP contribution in [0.2, 0.25) is 5.02 Å². The number of aryl methyl sites for hydroxylation is 1. The molecule has 0 saturated carbocycles. The number of methoxy groups -OCH3 is 1. The highest BCUT2D eigenvalue weighted by molar-refractivity contribution is 6.30. The van der Waals surface area contributed by atoms with Crippen LogP contribution < -0.4 is 9.64 Å². The molecule has 0 spiro atoms. The number of amides is 2. The van der Waals surface area contributed by atoms with Crippen LogP contribution in [0.4, 0.5) is 5.69 Å². The Morgan fingerprint density at radius 1 is 1.00 bits per heavy atom. The van der Waals surface area contributed by atoms with Crippen LogP contribution in [-0.4, -0.2) is 43.0 Å². The number of nitrogens with zero attached hydrogens (tertiary/aromatic N) is 2. The Labute approximate surface area is 182 Å². The molecule has 1 atom stereocenters. The van der Waals surface area contributed by atoms with Crippen LogP contribution in [0, 0.1) is 5.92 Å². The Bertz CT molecular complexity index is 890. The second kappa shape index (κ2) is 9.19. The quantitative estimate of drug-likeness (QED) is 0.645. The Balaban J connectivity index is 1.30. The van der Waals surface area contributed by atoms with Crippen LogP contribution in [0.3, 0.4) is 0 Å². The fourth-order valence-electron chi connectivity index (χ4n) is 4.48. The number of imide groups is 1. The molecule has 0 N–H and O–H groups in total. The van der Waals surface area contributed by atoms with Crippen molar-refractivity contribution in [2.75, 3.05) is 25.1 Å². The Hall–Kier alpha value is -2.37. The maximum Gasteiger partial charge on any atom is 0.251 e. The van der Waals surface area contributed by atoms with Crippen LogP contribution in [0.1, 0.15) is 31.2 Å². The van der Waals surface area contributed by atoms with Gasteiger partial charge in [-0.1, -0.05) is 23.7 Å². The molecule has 158 valence electrons. The third-order valence-electron chi connectivity index (χ3n) is 6.30. The Kier molecular flexibility index (Phi) is 6.40. The lowest BCUT2D eigenvalue weighted by Crippen LogP contribution is -2.46. The van der Waals surface area contributed by atoms with Crippen molar-refractivity contribution in [3.63, 3.8) is 0 Å². The molecule has 2 aromatic carbocycles. The van der Waals surface area contributed by atoms with Crippen LogP contribution in [0.5, 0.6) is 5.75 Å². The molecular weight excluding hydrogens is 400 g/mol. The van der Waals surface area contributed by atoms with Crippen molar-refractivity contribution in [2.24, 2.45) is 5.92 Å². The molecule has 0 aromatic heterocycles. The number of hydrogen-bond acceptors (Lipinski definition) is 4. The van der Waals surface area contributed by atoms with Crippen molar-refractivity contribution in [1.29, 1.82) is 0 Å². The van der Waals surface area contributed by atoms with Gasteiger partial charge in [-0.2, -0.15) is 0 Å². The van der Waals surface area contributed by atoms with Gasteiger partial charge < -0.3 is 4.74 Å². The molecule has 30 heavy (non-hydrogen) atoms. The normalized spacial score (nSPS) is 20.7. The van der Waals surface area contributed by atoms with E-state index >= 15 is 0 Å². The number of ether oxygens (including phenoxy) is 1. The maximum absolute atomic E-state index is 13.0. The molecule has 2 amide bonds. The molecule has 2 aliphatic rings. The summed E-state index contributed by atoms with van der Waals surface area (Å²) in [6.45, 7) is 1.73. The summed E-state index contributed by atoms with van der Waals surface area (Å²) in [5.41, 5.74) is 1.93. The van der Waals surface area contributed by atoms with E-state index in [0.29, 0.717) is 16.6 Å². The first-order valence-electron chi connectivity index (χ1n) is 10.5. The molecule has 4 rings (SSSR count). The first-order chi connectivity index (χ1) is 14.5. The zero-order valence-electron chi connectivity index (χ0n) is 17.2. The van der Waals surface area contributed by atoms with E-state index in [1.54, 1.807) is 31.4 Å². The molecule has 2 saturated heterocycles. The minimum absolute atomic E-state index is 0.112. The highest BCUT2D eigenvalue weighted by atomic mass is 35.5. The number of carbonyl (C=O) groups is 2. The smallest absolute Gasteiger partial charge is 0.251 e. The third kappa shape index (κ3) is 4.52. The molecular formula is C24H27ClN2O3. The number of carbonyl (C=O) groups excluding carboxylic acids is 2. The summed E-state index contributed by atoms with van der Waals surface area (Å²) in [5, 5.41) is 0.589. The van der Waals surface area contributed by atoms with Gasteiger partial charge in [-0.25, -0.2) is 4.90 Å². The monoisotopic (exact) mass is 426 g/mol. The number of rotatable bonds is 6. The molecule has 0 unspecified atom stereocenters. The van der Waals surface area contributed by atoms with Gasteiger partial charge in [0, 0.05) is 5.02 Å². The number of anilines is 1. The zero-order valence-corrected chi connectivity index (χ0v) is 18.0. The number of piperidine rings is 1. The van der Waals surface area contributed by atoms with Gasteiger partial charge in [-0.05, 0) is 86.7 Å². The van der Waals surface area contributed by atoms with Gasteiger partial charge in [-0.3, -0.25) is 14.5 Å². The summed E-state index contributed by atoms with van der Waals surface area (Å²) in [4.78, 5) is 29.0. The molecule has 2 aliphatic heterocycles. The van der Waals surface area contributed by atoms with Crippen LogP contribution in [0.25, 0.3) is 0 Å². The summed E-state index contributed by atoms with van der Waals surface area (Å²) in [5.74, 6) is 1.30. The summed E-state index contributed by atoms with van der Waals surface area (Å²) >= 11 is 5.93. The van der Waals surface area contributed by atoms with Crippen molar-refractivity contribution in [3.05, 3.63) is 59.1 Å². The van der Waals surface area contributed by atoms with Crippen molar-refractivity contribution in [2.45, 2.75) is 38.1 Å². The summed E-state index contributed by atoms with van der Waals surface area (Å²) < 4.78 is 5.22. The molecule has 2 aromatic rings. The summed E-state index contributed by atoms with van der Waals surface area (Å²) in [7, 11) is 1.68. The fraction of sp³-hybridized carbons (Fsp3) is 0.417. The molecule has 0 aliphatic carbocycles. The van der Waals surface area contributed by atoms with Crippen LogP contribution >= 0.6 is 11.6 Å². The topological polar surface area (TPSA) is 49.9 Å². The van der Waals surface area contributed by atoms with Crippen molar-refractivity contribution < 1.29 is 14.3 Å². The van der Waals surface area contributed by atoms with E-state index in [9.17, 15) is 9.59 Å². The molecule has 0 radical (unpaired) electrons. The molecule has 0 bridgehead atoms. The van der Waals surface area contributed by atoms with E-state index in [4.69, 9.17) is 16.3 Å². The van der Waals surface area contributed by atoms with E-state index < -0.39 is 0 Å². The molecule has 2 fully saturated rings. The van der Waals surface area contributed by atoms with Crippen molar-refractivity contribution in [1.82, 2.24) is 4.90 Å². The first kappa shape index (κ1) is 20.9. The predicted molar refractivity (Wildman–Crippen MR) is 118 cm³/mol. The minimum Gasteiger partial charge on any atom is -0.497 e. The third-order valence-corrected chi connectivity index (χ3v) is 6.55. The first-order valence-corrected chi connectivity index (χ1v) is 10.9. The lowest BCUT2D eigenvalue weighted by Gasteiger charge is -2.34. The molecule has 2 heterocycles. The van der Waals surface area contributed by atoms with Gasteiger partial charge >= 0.3 is 0 Å². The van der Waals surface area contributed by atoms with Crippen LogP contribution in [-0.2, 0) is 16.0 Å². The highest BCUT2D eigenvalue weighted by Crippen LogP contribution is 2.30. The van der Waals surface area contributed by atoms with E-state index in [2.05, 4.69) is 17.0 Å². The number of hydrogen-bond donors (Lipinski definition) is 0. The fourth-order valence-corrected chi connectivity index (χ4v) is 4.60. The van der Waals surface area contributed by atoms with Gasteiger partial charge in [-0.15, -0.1) is 0 Å². The van der Waals surface area contributed by atoms with Gasteiger partial charge in [0.15, 0.2) is 0 Å². The Morgan fingerprint density at radius 3 is 2.30 bits per heavy atom. The maximum atomic E-state index is 13.0. The number of halogens is 1. The van der Waals surface area contributed by atoms with Gasteiger partial charge in [0.2, 0.25) is 5.91 Å². The molecule has 6 heteroatoms. The minimum atomic E-state index is -0.337. The molecule has 5 nitrogen and oxygen atoms in total. The second-order valence-corrected chi connectivity index (χ2v) is 8.57. The highest BCUT2D eigenvalue weighted by Gasteiger charge is 2.43. The van der Waals surface area contributed by atoms with E-state index in [1.165, 1.54) is 10.5 Å². The number of benzene rings is 2. The van der Waals surface area contributed by atoms with Crippen molar-refractivity contribution in [3.8, 4) is 5.75 Å². The predicted octanol–water partition coefficient (Wildman–Crippen LogP) is 4.33. The van der Waals surface area contributed by atoms with Gasteiger partial charge in [0.05, 0.1) is 25.3 Å². The average molecular weight is 427 g/mol. The Morgan fingerprint density at radius 2 is 1.67 bits per heavy atom. The lowest BCUT2D eigenvalue weighted by molar-refractivity contribution is -0.123. The zero-order chi connectivity index (χ0) is 21.1. The largest absolute Gasteiger partial charge is 0.497 e. The summed E-state index contributed by atoms with van der Waals surface area (Å²) in [6, 6.07) is 14.8. The van der Waals surface area contributed by atoms with Crippen molar-refractivity contribution >= 4 is 29.1 Å². The number of likely N-dealkylation sites (tertiary alicyclic amines) is 1. The summed E-state index contributed by atoms with van der Waals surface area (Å²) in [6.07, 6.45) is 4.59. The lowest BCUT2D eigenvalue weighted by atomic mass is 9.90. The van der Waals surface area contributed by atoms with E-state index in [-0.39, 0.29) is 24.3 Å².